The molecule has 1 saturated heterocycles. The van der Waals surface area contributed by atoms with Gasteiger partial charge in [0.1, 0.15) is 5.76 Å². The van der Waals surface area contributed by atoms with Gasteiger partial charge in [0.15, 0.2) is 5.22 Å². The molecule has 0 saturated carbocycles. The van der Waals surface area contributed by atoms with Crippen LogP contribution in [-0.2, 0) is 18.8 Å². The summed E-state index contributed by atoms with van der Waals surface area (Å²) in [4.78, 5) is 11.9. The zero-order valence-electron chi connectivity index (χ0n) is 13.6. The van der Waals surface area contributed by atoms with Crippen LogP contribution < -0.4 is 0 Å². The molecule has 22 heavy (non-hydrogen) atoms. The number of hydrogen-bond donors (Lipinski definition) is 0. The number of rotatable bonds is 5. The van der Waals surface area contributed by atoms with Crippen LogP contribution in [0.25, 0.3) is 0 Å². The summed E-state index contributed by atoms with van der Waals surface area (Å²) in [6, 6.07) is 3.37. The minimum atomic E-state index is -0.600. The van der Waals surface area contributed by atoms with Gasteiger partial charge in [-0.25, -0.2) is 0 Å². The van der Waals surface area contributed by atoms with Crippen molar-refractivity contribution >= 4 is 24.7 Å². The van der Waals surface area contributed by atoms with Crippen molar-refractivity contribution in [1.29, 1.82) is 0 Å². The van der Waals surface area contributed by atoms with Crippen molar-refractivity contribution in [1.82, 2.24) is 0 Å². The monoisotopic (exact) mass is 328 g/mol. The average Bonchev–Trinajstić information content (AvgIpc) is 2.89. The van der Waals surface area contributed by atoms with E-state index in [1.165, 1.54) is 0 Å². The van der Waals surface area contributed by atoms with E-state index in [9.17, 15) is 4.79 Å². The second kappa shape index (κ2) is 6.26. The van der Waals surface area contributed by atoms with Crippen LogP contribution in [0.1, 0.15) is 52.6 Å². The van der Waals surface area contributed by atoms with E-state index >= 15 is 0 Å². The Hall–Kier alpha value is -0.975. The summed E-state index contributed by atoms with van der Waals surface area (Å²) >= 11 is 5.86. The van der Waals surface area contributed by atoms with Crippen LogP contribution in [0, 0.1) is 0 Å². The Labute approximate surface area is 136 Å². The average molecular weight is 329 g/mol. The van der Waals surface area contributed by atoms with Crippen molar-refractivity contribution < 1.29 is 23.3 Å². The quantitative estimate of drug-likeness (QED) is 0.610. The van der Waals surface area contributed by atoms with Crippen molar-refractivity contribution in [3.05, 3.63) is 23.1 Å². The lowest BCUT2D eigenvalue weighted by Crippen LogP contribution is -2.41. The Morgan fingerprint density at radius 2 is 1.86 bits per heavy atom. The third-order valence-corrected chi connectivity index (χ3v) is 4.45. The molecule has 1 aliphatic rings. The summed E-state index contributed by atoms with van der Waals surface area (Å²) in [6.45, 7) is 9.94. The zero-order valence-corrected chi connectivity index (χ0v) is 14.4. The smallest absolute Gasteiger partial charge is 0.466 e. The molecule has 0 amide bonds. The first-order chi connectivity index (χ1) is 10.2. The fourth-order valence-electron chi connectivity index (χ4n) is 2.31. The van der Waals surface area contributed by atoms with Crippen molar-refractivity contribution in [3.8, 4) is 0 Å². The molecule has 1 aliphatic heterocycles. The summed E-state index contributed by atoms with van der Waals surface area (Å²) in [6.07, 6.45) is 0.106. The van der Waals surface area contributed by atoms with E-state index in [4.69, 9.17) is 30.1 Å². The molecule has 1 unspecified atom stereocenters. The zero-order chi connectivity index (χ0) is 16.5. The summed E-state index contributed by atoms with van der Waals surface area (Å²) in [5, 5.41) is 0.264. The molecule has 1 aromatic rings. The van der Waals surface area contributed by atoms with Crippen molar-refractivity contribution in [2.75, 3.05) is 6.61 Å². The molecule has 5 nitrogen and oxygen atoms in total. The highest BCUT2D eigenvalue weighted by Crippen LogP contribution is 2.42. The van der Waals surface area contributed by atoms with Crippen LogP contribution in [-0.4, -0.2) is 30.9 Å². The molecule has 0 N–H and O–H groups in total. The number of esters is 1. The van der Waals surface area contributed by atoms with Crippen molar-refractivity contribution in [2.24, 2.45) is 0 Å². The molecule has 2 heterocycles. The van der Waals surface area contributed by atoms with Crippen LogP contribution in [0.2, 0.25) is 5.22 Å². The molecule has 1 aromatic heterocycles. The number of carbonyl (C=O) groups is 1. The van der Waals surface area contributed by atoms with E-state index in [0.717, 1.165) is 0 Å². The van der Waals surface area contributed by atoms with E-state index in [1.54, 1.807) is 19.1 Å². The molecule has 2 rings (SSSR count). The molecule has 7 heteroatoms. The summed E-state index contributed by atoms with van der Waals surface area (Å²) in [5.74, 6) is -0.182. The maximum absolute atomic E-state index is 11.9. The van der Waals surface area contributed by atoms with Gasteiger partial charge in [0.2, 0.25) is 0 Å². The fourth-order valence-corrected chi connectivity index (χ4v) is 2.46. The molecule has 0 aliphatic carbocycles. The highest BCUT2D eigenvalue weighted by atomic mass is 35.5. The minimum absolute atomic E-state index is 0.106. The molecule has 122 valence electrons. The topological polar surface area (TPSA) is 57.9 Å². The Balaban J connectivity index is 2.24. The third kappa shape index (κ3) is 3.50. The standard InChI is InChI=1S/C15H22BClO5/c1-6-19-13(18)9-10(11-7-8-12(17)20-11)16-21-14(2,3)15(4,5)22-16/h7-8,10H,6,9H2,1-5H3. The second-order valence-electron chi connectivity index (χ2n) is 6.38. The number of furan rings is 1. The minimum Gasteiger partial charge on any atom is -0.466 e. The summed E-state index contributed by atoms with van der Waals surface area (Å²) in [7, 11) is -0.600. The lowest BCUT2D eigenvalue weighted by atomic mass is 9.68. The normalized spacial score (nSPS) is 20.9. The molecular weight excluding hydrogens is 306 g/mol. The number of halogens is 1. The first kappa shape index (κ1) is 17.4. The van der Waals surface area contributed by atoms with Crippen LogP contribution >= 0.6 is 11.6 Å². The molecular formula is C15H22BClO5. The van der Waals surface area contributed by atoms with Crippen LogP contribution in [0.5, 0.6) is 0 Å². The third-order valence-electron chi connectivity index (χ3n) is 4.25. The van der Waals surface area contributed by atoms with Crippen LogP contribution in [0.15, 0.2) is 16.5 Å². The van der Waals surface area contributed by atoms with E-state index in [0.29, 0.717) is 12.4 Å². The van der Waals surface area contributed by atoms with Crippen LogP contribution in [0.3, 0.4) is 0 Å². The van der Waals surface area contributed by atoms with Gasteiger partial charge in [-0.3, -0.25) is 4.79 Å². The second-order valence-corrected chi connectivity index (χ2v) is 6.75. The summed E-state index contributed by atoms with van der Waals surface area (Å²) in [5.41, 5.74) is -0.970. The van der Waals surface area contributed by atoms with E-state index < -0.39 is 24.1 Å². The fraction of sp³-hybridized carbons (Fsp3) is 0.667. The van der Waals surface area contributed by atoms with Gasteiger partial charge in [0.25, 0.3) is 0 Å². The number of hydrogen-bond acceptors (Lipinski definition) is 5. The lowest BCUT2D eigenvalue weighted by molar-refractivity contribution is -0.143. The van der Waals surface area contributed by atoms with Gasteiger partial charge in [0.05, 0.1) is 30.0 Å². The van der Waals surface area contributed by atoms with Crippen molar-refractivity contribution in [2.45, 2.75) is 58.1 Å². The molecule has 0 bridgehead atoms. The van der Waals surface area contributed by atoms with Gasteiger partial charge < -0.3 is 18.5 Å². The predicted molar refractivity (Wildman–Crippen MR) is 83.8 cm³/mol. The van der Waals surface area contributed by atoms with Crippen LogP contribution in [0.4, 0.5) is 0 Å². The van der Waals surface area contributed by atoms with Gasteiger partial charge in [-0.05, 0) is 58.4 Å². The Bertz CT molecular complexity index is 524. The maximum atomic E-state index is 11.9. The molecule has 0 spiro atoms. The van der Waals surface area contributed by atoms with Gasteiger partial charge in [0, 0.05) is 0 Å². The number of ether oxygens (including phenoxy) is 1. The number of carbonyl (C=O) groups excluding carboxylic acids is 1. The van der Waals surface area contributed by atoms with Gasteiger partial charge in [-0.15, -0.1) is 0 Å². The Morgan fingerprint density at radius 3 is 2.32 bits per heavy atom. The highest BCUT2D eigenvalue weighted by Gasteiger charge is 2.55. The highest BCUT2D eigenvalue weighted by molar-refractivity contribution is 6.48. The Morgan fingerprint density at radius 1 is 1.27 bits per heavy atom. The molecule has 0 aromatic carbocycles. The first-order valence-corrected chi connectivity index (χ1v) is 7.80. The summed E-state index contributed by atoms with van der Waals surface area (Å²) < 4.78 is 22.6. The van der Waals surface area contributed by atoms with Crippen molar-refractivity contribution in [3.63, 3.8) is 0 Å². The van der Waals surface area contributed by atoms with E-state index in [2.05, 4.69) is 0 Å². The van der Waals surface area contributed by atoms with Gasteiger partial charge in [-0.1, -0.05) is 0 Å². The largest absolute Gasteiger partial charge is 0.469 e. The molecule has 0 radical (unpaired) electrons. The predicted octanol–water partition coefficient (Wildman–Crippen LogP) is 3.60. The first-order valence-electron chi connectivity index (χ1n) is 7.43. The van der Waals surface area contributed by atoms with E-state index in [-0.39, 0.29) is 17.6 Å². The molecule has 1 fully saturated rings. The lowest BCUT2D eigenvalue weighted by Gasteiger charge is -2.32. The Kier molecular flexibility index (Phi) is 4.95. The van der Waals surface area contributed by atoms with E-state index in [1.807, 2.05) is 27.7 Å². The van der Waals surface area contributed by atoms with Gasteiger partial charge >= 0.3 is 13.1 Å². The van der Waals surface area contributed by atoms with Gasteiger partial charge in [-0.2, -0.15) is 0 Å². The maximum Gasteiger partial charge on any atom is 0.469 e. The molecule has 1 atom stereocenters. The SMILES string of the molecule is CCOC(=O)CC(B1OC(C)(C)C(C)(C)O1)c1ccc(Cl)o1.